The van der Waals surface area contributed by atoms with E-state index in [1.807, 2.05) is 0 Å². The maximum Gasteiger partial charge on any atom is 0.0593 e. The SMILES string of the molecule is CCCC1CC(CN)(N(CCOC)C(C)C2CC2)CCO1. The van der Waals surface area contributed by atoms with Gasteiger partial charge in [0, 0.05) is 38.4 Å². The third-order valence-corrected chi connectivity index (χ3v) is 5.46. The van der Waals surface area contributed by atoms with Crippen molar-refractivity contribution in [3.8, 4) is 0 Å². The van der Waals surface area contributed by atoms with Gasteiger partial charge in [0.15, 0.2) is 0 Å². The number of hydrogen-bond acceptors (Lipinski definition) is 4. The van der Waals surface area contributed by atoms with Crippen LogP contribution in [0, 0.1) is 5.92 Å². The molecule has 2 N–H and O–H groups in total. The van der Waals surface area contributed by atoms with Crippen LogP contribution in [0.25, 0.3) is 0 Å². The van der Waals surface area contributed by atoms with Gasteiger partial charge in [-0.15, -0.1) is 0 Å². The first kappa shape index (κ1) is 17.2. The van der Waals surface area contributed by atoms with Crippen LogP contribution in [-0.4, -0.2) is 56.0 Å². The number of methoxy groups -OCH3 is 1. The molecule has 3 unspecified atom stereocenters. The van der Waals surface area contributed by atoms with Crippen LogP contribution in [0.4, 0.5) is 0 Å². The molecule has 1 saturated carbocycles. The number of rotatable bonds is 9. The Hall–Kier alpha value is -0.160. The van der Waals surface area contributed by atoms with Crippen LogP contribution in [0.1, 0.15) is 52.4 Å². The molecule has 1 saturated heterocycles. The van der Waals surface area contributed by atoms with Crippen LogP contribution in [0.5, 0.6) is 0 Å². The van der Waals surface area contributed by atoms with Crippen molar-refractivity contribution in [1.82, 2.24) is 4.90 Å². The Balaban J connectivity index is 2.11. The fourth-order valence-corrected chi connectivity index (χ4v) is 3.97. The predicted octanol–water partition coefficient (Wildman–Crippen LogP) is 2.41. The monoisotopic (exact) mass is 298 g/mol. The molecule has 0 aromatic rings. The standard InChI is InChI=1S/C17H34N2O2/c1-4-5-16-12-17(13-18,8-10-21-16)19(9-11-20-3)14(2)15-6-7-15/h14-16H,4-13,18H2,1-3H3. The third-order valence-electron chi connectivity index (χ3n) is 5.46. The Morgan fingerprint density at radius 2 is 2.19 bits per heavy atom. The van der Waals surface area contributed by atoms with Crippen molar-refractivity contribution in [2.45, 2.75) is 70.1 Å². The molecule has 0 spiro atoms. The van der Waals surface area contributed by atoms with Crippen molar-refractivity contribution in [3.63, 3.8) is 0 Å². The molecule has 0 aromatic heterocycles. The minimum atomic E-state index is 0.110. The summed E-state index contributed by atoms with van der Waals surface area (Å²) in [4.78, 5) is 2.67. The Labute approximate surface area is 130 Å². The van der Waals surface area contributed by atoms with E-state index in [9.17, 15) is 0 Å². The minimum Gasteiger partial charge on any atom is -0.383 e. The van der Waals surface area contributed by atoms with Gasteiger partial charge in [-0.05, 0) is 44.9 Å². The maximum absolute atomic E-state index is 6.29. The van der Waals surface area contributed by atoms with Gasteiger partial charge < -0.3 is 15.2 Å². The first-order chi connectivity index (χ1) is 10.2. The Bertz CT molecular complexity index is 307. The van der Waals surface area contributed by atoms with Gasteiger partial charge in [-0.2, -0.15) is 0 Å². The summed E-state index contributed by atoms with van der Waals surface area (Å²) < 4.78 is 11.3. The first-order valence-electron chi connectivity index (χ1n) is 8.74. The molecule has 1 heterocycles. The third kappa shape index (κ3) is 4.19. The zero-order chi connectivity index (χ0) is 15.3. The maximum atomic E-state index is 6.29. The highest BCUT2D eigenvalue weighted by molar-refractivity contribution is 5.00. The van der Waals surface area contributed by atoms with Crippen molar-refractivity contribution >= 4 is 0 Å². The summed E-state index contributed by atoms with van der Waals surface area (Å²) in [6.45, 7) is 7.98. The van der Waals surface area contributed by atoms with E-state index in [0.717, 1.165) is 51.5 Å². The lowest BCUT2D eigenvalue weighted by molar-refractivity contribution is -0.0912. The van der Waals surface area contributed by atoms with Crippen LogP contribution in [-0.2, 0) is 9.47 Å². The van der Waals surface area contributed by atoms with Crippen LogP contribution < -0.4 is 5.73 Å². The van der Waals surface area contributed by atoms with Gasteiger partial charge in [0.05, 0.1) is 12.7 Å². The van der Waals surface area contributed by atoms with E-state index in [1.165, 1.54) is 19.3 Å². The Kier molecular flexibility index (Phi) is 6.48. The van der Waals surface area contributed by atoms with E-state index >= 15 is 0 Å². The quantitative estimate of drug-likeness (QED) is 0.710. The zero-order valence-electron chi connectivity index (χ0n) is 14.1. The first-order valence-corrected chi connectivity index (χ1v) is 8.74. The molecule has 4 heteroatoms. The highest BCUT2D eigenvalue weighted by atomic mass is 16.5. The van der Waals surface area contributed by atoms with Crippen LogP contribution in [0.15, 0.2) is 0 Å². The number of nitrogens with zero attached hydrogens (tertiary/aromatic N) is 1. The van der Waals surface area contributed by atoms with E-state index in [-0.39, 0.29) is 5.54 Å². The second-order valence-corrected chi connectivity index (χ2v) is 6.93. The molecule has 4 nitrogen and oxygen atoms in total. The van der Waals surface area contributed by atoms with E-state index in [4.69, 9.17) is 15.2 Å². The second-order valence-electron chi connectivity index (χ2n) is 6.93. The molecule has 1 aliphatic carbocycles. The van der Waals surface area contributed by atoms with Gasteiger partial charge in [-0.3, -0.25) is 4.90 Å². The van der Waals surface area contributed by atoms with E-state index < -0.39 is 0 Å². The summed E-state index contributed by atoms with van der Waals surface area (Å²) in [5.41, 5.74) is 6.40. The molecule has 0 amide bonds. The highest BCUT2D eigenvalue weighted by Gasteiger charge is 2.45. The van der Waals surface area contributed by atoms with E-state index in [1.54, 1.807) is 7.11 Å². The van der Waals surface area contributed by atoms with Crippen molar-refractivity contribution in [3.05, 3.63) is 0 Å². The van der Waals surface area contributed by atoms with E-state index in [2.05, 4.69) is 18.7 Å². The molecule has 0 radical (unpaired) electrons. The van der Waals surface area contributed by atoms with Gasteiger partial charge in [0.2, 0.25) is 0 Å². The molecule has 21 heavy (non-hydrogen) atoms. The van der Waals surface area contributed by atoms with Crippen molar-refractivity contribution < 1.29 is 9.47 Å². The molecular weight excluding hydrogens is 264 g/mol. The topological polar surface area (TPSA) is 47.7 Å². The Morgan fingerprint density at radius 3 is 2.76 bits per heavy atom. The lowest BCUT2D eigenvalue weighted by Crippen LogP contribution is -2.62. The molecule has 2 rings (SSSR count). The summed E-state index contributed by atoms with van der Waals surface area (Å²) in [5.74, 6) is 0.859. The molecule has 124 valence electrons. The smallest absolute Gasteiger partial charge is 0.0593 e. The number of nitrogens with two attached hydrogens (primary N) is 1. The minimum absolute atomic E-state index is 0.110. The van der Waals surface area contributed by atoms with Crippen LogP contribution in [0.3, 0.4) is 0 Å². The Morgan fingerprint density at radius 1 is 1.43 bits per heavy atom. The number of hydrogen-bond donors (Lipinski definition) is 1. The van der Waals surface area contributed by atoms with Gasteiger partial charge >= 0.3 is 0 Å². The fourth-order valence-electron chi connectivity index (χ4n) is 3.97. The lowest BCUT2D eigenvalue weighted by atomic mass is 9.82. The highest BCUT2D eigenvalue weighted by Crippen LogP contribution is 2.41. The molecule has 2 fully saturated rings. The van der Waals surface area contributed by atoms with Crippen molar-refractivity contribution in [1.29, 1.82) is 0 Å². The van der Waals surface area contributed by atoms with E-state index in [0.29, 0.717) is 12.1 Å². The molecular formula is C17H34N2O2. The molecule has 2 aliphatic rings. The average molecular weight is 298 g/mol. The van der Waals surface area contributed by atoms with Gasteiger partial charge in [-0.1, -0.05) is 13.3 Å². The normalized spacial score (nSPS) is 31.6. The lowest BCUT2D eigenvalue weighted by Gasteiger charge is -2.51. The van der Waals surface area contributed by atoms with Gasteiger partial charge in [0.25, 0.3) is 0 Å². The second kappa shape index (κ2) is 7.91. The summed E-state index contributed by atoms with van der Waals surface area (Å²) in [5, 5.41) is 0. The van der Waals surface area contributed by atoms with Crippen molar-refractivity contribution in [2.24, 2.45) is 11.7 Å². The summed E-state index contributed by atoms with van der Waals surface area (Å²) in [6, 6.07) is 0.615. The van der Waals surface area contributed by atoms with Crippen LogP contribution >= 0.6 is 0 Å². The fraction of sp³-hybridized carbons (Fsp3) is 1.00. The summed E-state index contributed by atoms with van der Waals surface area (Å²) in [6.07, 6.45) is 7.60. The van der Waals surface area contributed by atoms with Crippen molar-refractivity contribution in [2.75, 3.05) is 33.4 Å². The molecule has 1 aliphatic heterocycles. The number of ether oxygens (including phenoxy) is 2. The predicted molar refractivity (Wildman–Crippen MR) is 86.4 cm³/mol. The molecule has 0 aromatic carbocycles. The van der Waals surface area contributed by atoms with Gasteiger partial charge in [-0.25, -0.2) is 0 Å². The van der Waals surface area contributed by atoms with Gasteiger partial charge in [0.1, 0.15) is 0 Å². The largest absolute Gasteiger partial charge is 0.383 e. The summed E-state index contributed by atoms with van der Waals surface area (Å²) in [7, 11) is 1.79. The van der Waals surface area contributed by atoms with Crippen LogP contribution in [0.2, 0.25) is 0 Å². The zero-order valence-corrected chi connectivity index (χ0v) is 14.1. The average Bonchev–Trinajstić information content (AvgIpc) is 3.33. The summed E-state index contributed by atoms with van der Waals surface area (Å²) >= 11 is 0. The molecule has 3 atom stereocenters. The molecule has 0 bridgehead atoms.